The highest BCUT2D eigenvalue weighted by Crippen LogP contribution is 2.45. The van der Waals surface area contributed by atoms with Gasteiger partial charge in [0.25, 0.3) is 0 Å². The number of nitrogens with zero attached hydrogens (tertiary/aromatic N) is 4. The van der Waals surface area contributed by atoms with E-state index in [-0.39, 0.29) is 0 Å². The summed E-state index contributed by atoms with van der Waals surface area (Å²) in [5, 5.41) is 9.69. The SMILES string of the molecule is c1ccc(-c2ccc3ccc4nc(-c5ccccc5)c(-n5c6cccc7c8cccc9c%10ccccc%10n(c%10cccc5c%10c76)c89)nc4c3c2)cc1. The molecule has 0 aliphatic rings. The van der Waals surface area contributed by atoms with Gasteiger partial charge in [0, 0.05) is 37.9 Å². The molecule has 12 aromatic rings. The van der Waals surface area contributed by atoms with Crippen molar-refractivity contribution in [3.63, 3.8) is 0 Å². The second kappa shape index (κ2) is 10.3. The summed E-state index contributed by atoms with van der Waals surface area (Å²) in [5.41, 5.74) is 11.9. The van der Waals surface area contributed by atoms with Crippen molar-refractivity contribution in [2.75, 3.05) is 0 Å². The van der Waals surface area contributed by atoms with Gasteiger partial charge in [0.2, 0.25) is 0 Å². The lowest BCUT2D eigenvalue weighted by Gasteiger charge is -2.15. The average molecular weight is 661 g/mol. The molecule has 0 radical (unpaired) electrons. The normalized spacial score (nSPS) is 12.2. The summed E-state index contributed by atoms with van der Waals surface area (Å²) in [4.78, 5) is 11.1. The number of para-hydroxylation sites is 2. The van der Waals surface area contributed by atoms with E-state index in [4.69, 9.17) is 9.97 Å². The van der Waals surface area contributed by atoms with E-state index in [0.29, 0.717) is 0 Å². The summed E-state index contributed by atoms with van der Waals surface area (Å²) in [6, 6.07) is 61.0. The molecule has 12 rings (SSSR count). The summed E-state index contributed by atoms with van der Waals surface area (Å²) >= 11 is 0. The monoisotopic (exact) mass is 660 g/mol. The predicted octanol–water partition coefficient (Wildman–Crippen LogP) is 12.4. The van der Waals surface area contributed by atoms with E-state index in [0.717, 1.165) is 55.5 Å². The first-order valence-electron chi connectivity index (χ1n) is 17.8. The number of hydrogen-bond acceptors (Lipinski definition) is 2. The van der Waals surface area contributed by atoms with Crippen molar-refractivity contribution in [1.29, 1.82) is 0 Å². The van der Waals surface area contributed by atoms with Gasteiger partial charge in [0.05, 0.1) is 38.6 Å². The zero-order valence-electron chi connectivity index (χ0n) is 28.0. The van der Waals surface area contributed by atoms with E-state index in [9.17, 15) is 0 Å². The van der Waals surface area contributed by atoms with Crippen molar-refractivity contribution in [3.05, 3.63) is 170 Å². The van der Waals surface area contributed by atoms with Crippen molar-refractivity contribution in [2.45, 2.75) is 0 Å². The van der Waals surface area contributed by atoms with Gasteiger partial charge in [-0.25, -0.2) is 9.97 Å². The number of rotatable bonds is 3. The molecule has 4 nitrogen and oxygen atoms in total. The average Bonchev–Trinajstić information content (AvgIpc) is 3.69. The quantitative estimate of drug-likeness (QED) is 0.177. The molecule has 4 heterocycles. The Hall–Kier alpha value is -7.04. The number of hydrogen-bond donors (Lipinski definition) is 0. The molecule has 0 amide bonds. The van der Waals surface area contributed by atoms with E-state index >= 15 is 0 Å². The lowest BCUT2D eigenvalue weighted by Crippen LogP contribution is -2.04. The first-order chi connectivity index (χ1) is 25.8. The third kappa shape index (κ3) is 3.65. The van der Waals surface area contributed by atoms with Crippen LogP contribution in [0.4, 0.5) is 0 Å². The van der Waals surface area contributed by atoms with E-state index in [2.05, 4.69) is 179 Å². The van der Waals surface area contributed by atoms with Gasteiger partial charge in [-0.15, -0.1) is 0 Å². The molecule has 240 valence electrons. The Balaban J connectivity index is 1.28. The van der Waals surface area contributed by atoms with Crippen LogP contribution in [-0.2, 0) is 0 Å². The molecule has 0 saturated carbocycles. The molecule has 52 heavy (non-hydrogen) atoms. The molecular weight excluding hydrogens is 633 g/mol. The number of benzene rings is 8. The third-order valence-corrected chi connectivity index (χ3v) is 11.0. The molecule has 8 aromatic carbocycles. The molecule has 0 aliphatic heterocycles. The minimum atomic E-state index is 0.821. The first kappa shape index (κ1) is 27.7. The lowest BCUT2D eigenvalue weighted by atomic mass is 10.00. The maximum absolute atomic E-state index is 5.68. The van der Waals surface area contributed by atoms with Gasteiger partial charge >= 0.3 is 0 Å². The van der Waals surface area contributed by atoms with E-state index in [1.807, 2.05) is 0 Å². The topological polar surface area (TPSA) is 35.1 Å². The van der Waals surface area contributed by atoms with Gasteiger partial charge < -0.3 is 4.40 Å². The molecule has 4 heteroatoms. The Morgan fingerprint density at radius 1 is 0.385 bits per heavy atom. The fraction of sp³-hybridized carbons (Fsp3) is 0. The van der Waals surface area contributed by atoms with Gasteiger partial charge in [0.15, 0.2) is 5.82 Å². The van der Waals surface area contributed by atoms with Gasteiger partial charge in [0.1, 0.15) is 5.69 Å². The van der Waals surface area contributed by atoms with Crippen LogP contribution in [0.1, 0.15) is 0 Å². The Morgan fingerprint density at radius 3 is 1.85 bits per heavy atom. The smallest absolute Gasteiger partial charge is 0.165 e. The Labute approximate surface area is 297 Å². The number of fused-ring (bicyclic) bond motifs is 8. The molecular formula is C48H28N4. The largest absolute Gasteiger partial charge is 0.308 e. The zero-order chi connectivity index (χ0) is 33.9. The van der Waals surface area contributed by atoms with E-state index in [1.54, 1.807) is 0 Å². The van der Waals surface area contributed by atoms with Crippen LogP contribution in [-0.4, -0.2) is 18.9 Å². The number of aromatic nitrogens is 4. The van der Waals surface area contributed by atoms with Crippen molar-refractivity contribution in [3.8, 4) is 28.2 Å². The minimum Gasteiger partial charge on any atom is -0.308 e. The Kier molecular flexibility index (Phi) is 5.47. The van der Waals surface area contributed by atoms with Crippen molar-refractivity contribution >= 4 is 81.7 Å². The molecule has 0 unspecified atom stereocenters. The van der Waals surface area contributed by atoms with E-state index in [1.165, 1.54) is 54.4 Å². The van der Waals surface area contributed by atoms with Crippen LogP contribution in [0.3, 0.4) is 0 Å². The summed E-state index contributed by atoms with van der Waals surface area (Å²) in [6.45, 7) is 0. The Bertz CT molecular complexity index is 3390. The lowest BCUT2D eigenvalue weighted by molar-refractivity contribution is 1.08. The first-order valence-corrected chi connectivity index (χ1v) is 17.8. The molecule has 0 spiro atoms. The van der Waals surface area contributed by atoms with E-state index < -0.39 is 0 Å². The highest BCUT2D eigenvalue weighted by Gasteiger charge is 2.24. The van der Waals surface area contributed by atoms with Crippen molar-refractivity contribution in [1.82, 2.24) is 18.9 Å². The summed E-state index contributed by atoms with van der Waals surface area (Å²) in [6.07, 6.45) is 0. The zero-order valence-corrected chi connectivity index (χ0v) is 28.0. The van der Waals surface area contributed by atoms with Crippen LogP contribution in [0, 0.1) is 0 Å². The Morgan fingerprint density at radius 2 is 1.00 bits per heavy atom. The van der Waals surface area contributed by atoms with Gasteiger partial charge in [-0.3, -0.25) is 4.57 Å². The van der Waals surface area contributed by atoms with Crippen LogP contribution in [0.15, 0.2) is 170 Å². The van der Waals surface area contributed by atoms with Crippen molar-refractivity contribution < 1.29 is 0 Å². The van der Waals surface area contributed by atoms with Gasteiger partial charge in [-0.2, -0.15) is 0 Å². The van der Waals surface area contributed by atoms with Crippen LogP contribution in [0.25, 0.3) is 110 Å². The molecule has 0 aliphatic carbocycles. The van der Waals surface area contributed by atoms with Gasteiger partial charge in [-0.1, -0.05) is 133 Å². The molecule has 0 fully saturated rings. The predicted molar refractivity (Wildman–Crippen MR) is 217 cm³/mol. The maximum atomic E-state index is 5.68. The van der Waals surface area contributed by atoms with Crippen LogP contribution in [0.2, 0.25) is 0 Å². The standard InChI is InChI=1S/C48H28N4/c1-3-12-29(13-4-1)32-25-24-30-26-27-38-46(37(30)28-32)50-48(45(49-38)31-14-5-2-6-15-31)52-40-21-10-17-34-36-19-9-18-35-33-16-7-8-20-39(33)51(47(35)36)41-22-11-23-42(52)44(41)43(34)40/h1-28H. The highest BCUT2D eigenvalue weighted by molar-refractivity contribution is 6.31. The maximum Gasteiger partial charge on any atom is 0.165 e. The summed E-state index contributed by atoms with van der Waals surface area (Å²) in [7, 11) is 0. The third-order valence-electron chi connectivity index (χ3n) is 11.0. The summed E-state index contributed by atoms with van der Waals surface area (Å²) in [5.74, 6) is 0.821. The molecule has 0 bridgehead atoms. The molecule has 0 atom stereocenters. The summed E-state index contributed by atoms with van der Waals surface area (Å²) < 4.78 is 4.85. The van der Waals surface area contributed by atoms with Crippen molar-refractivity contribution in [2.24, 2.45) is 0 Å². The van der Waals surface area contributed by atoms with Gasteiger partial charge in [-0.05, 0) is 58.3 Å². The molecule has 4 aromatic heterocycles. The fourth-order valence-corrected chi connectivity index (χ4v) is 8.80. The molecule has 0 saturated heterocycles. The highest BCUT2D eigenvalue weighted by atomic mass is 15.1. The second-order valence-electron chi connectivity index (χ2n) is 13.8. The minimum absolute atomic E-state index is 0.821. The fourth-order valence-electron chi connectivity index (χ4n) is 8.80. The second-order valence-corrected chi connectivity index (χ2v) is 13.8. The van der Waals surface area contributed by atoms with Crippen LogP contribution in [0.5, 0.6) is 0 Å². The van der Waals surface area contributed by atoms with Crippen LogP contribution < -0.4 is 0 Å². The molecule has 0 N–H and O–H groups in total. The van der Waals surface area contributed by atoms with Crippen LogP contribution >= 0.6 is 0 Å².